The highest BCUT2D eigenvalue weighted by atomic mass is 16.5. The number of likely N-dealkylation sites (N-methyl/N-ethyl adjacent to an activating group) is 1. The molecule has 0 fully saturated rings. The molecule has 0 bridgehead atoms. The fourth-order valence-electron chi connectivity index (χ4n) is 1.78. The van der Waals surface area contributed by atoms with Crippen LogP contribution in [0.15, 0.2) is 0 Å². The van der Waals surface area contributed by atoms with Crippen LogP contribution < -0.4 is 0 Å². The van der Waals surface area contributed by atoms with Crippen LogP contribution in [0.2, 0.25) is 0 Å². The number of carbonyl (C=O) groups is 1. The molecule has 4 nitrogen and oxygen atoms in total. The van der Waals surface area contributed by atoms with Gasteiger partial charge in [-0.15, -0.1) is 0 Å². The van der Waals surface area contributed by atoms with E-state index in [4.69, 9.17) is 0 Å². The Kier molecular flexibility index (Phi) is 6.60. The highest BCUT2D eigenvalue weighted by molar-refractivity contribution is 5.72. The summed E-state index contributed by atoms with van der Waals surface area (Å²) >= 11 is 0. The molecule has 0 aromatic heterocycles. The smallest absolute Gasteiger partial charge is 0.309 e. The second-order valence-corrected chi connectivity index (χ2v) is 4.55. The van der Waals surface area contributed by atoms with E-state index in [2.05, 4.69) is 4.74 Å². The Hall–Kier alpha value is -0.610. The van der Waals surface area contributed by atoms with Gasteiger partial charge in [-0.05, 0) is 19.9 Å². The fraction of sp³-hybridized carbons (Fsp3) is 0.917. The number of methoxy groups -OCH3 is 1. The monoisotopic (exact) mass is 231 g/mol. The Morgan fingerprint density at radius 3 is 2.31 bits per heavy atom. The van der Waals surface area contributed by atoms with Crippen LogP contribution in [0.25, 0.3) is 0 Å². The van der Waals surface area contributed by atoms with E-state index in [-0.39, 0.29) is 11.9 Å². The van der Waals surface area contributed by atoms with E-state index >= 15 is 0 Å². The van der Waals surface area contributed by atoms with Gasteiger partial charge in [0, 0.05) is 13.1 Å². The van der Waals surface area contributed by atoms with Crippen molar-refractivity contribution in [1.29, 1.82) is 0 Å². The first-order valence-corrected chi connectivity index (χ1v) is 5.87. The van der Waals surface area contributed by atoms with Crippen molar-refractivity contribution in [3.63, 3.8) is 0 Å². The minimum absolute atomic E-state index is 0.159. The van der Waals surface area contributed by atoms with E-state index in [0.717, 1.165) is 12.8 Å². The number of aliphatic hydroxyl groups is 1. The highest BCUT2D eigenvalue weighted by Crippen LogP contribution is 2.16. The molecule has 1 N–H and O–H groups in total. The highest BCUT2D eigenvalue weighted by Gasteiger charge is 2.25. The lowest BCUT2D eigenvalue weighted by atomic mass is 9.96. The van der Waals surface area contributed by atoms with Crippen LogP contribution in [0.1, 0.15) is 33.6 Å². The standard InChI is InChI=1S/C12H25NO3/c1-6-12(15,7-2)9-13(4)8-10(3)11(14)16-5/h10,15H,6-9H2,1-5H3. The third-order valence-corrected chi connectivity index (χ3v) is 3.07. The van der Waals surface area contributed by atoms with E-state index in [1.165, 1.54) is 7.11 Å². The number of ether oxygens (including phenoxy) is 1. The van der Waals surface area contributed by atoms with E-state index < -0.39 is 5.60 Å². The molecular formula is C12H25NO3. The maximum absolute atomic E-state index is 11.2. The zero-order valence-electron chi connectivity index (χ0n) is 11.1. The molecule has 1 unspecified atom stereocenters. The largest absolute Gasteiger partial charge is 0.469 e. The molecule has 4 heteroatoms. The molecule has 0 saturated heterocycles. The Balaban J connectivity index is 4.16. The van der Waals surface area contributed by atoms with Crippen LogP contribution in [0.4, 0.5) is 0 Å². The van der Waals surface area contributed by atoms with Gasteiger partial charge < -0.3 is 14.7 Å². The summed E-state index contributed by atoms with van der Waals surface area (Å²) in [6.07, 6.45) is 1.45. The van der Waals surface area contributed by atoms with Crippen LogP contribution in [0.3, 0.4) is 0 Å². The molecule has 0 amide bonds. The number of nitrogens with zero attached hydrogens (tertiary/aromatic N) is 1. The second kappa shape index (κ2) is 6.86. The van der Waals surface area contributed by atoms with Gasteiger partial charge in [0.1, 0.15) is 0 Å². The first-order chi connectivity index (χ1) is 7.38. The predicted molar refractivity (Wildman–Crippen MR) is 64.2 cm³/mol. The van der Waals surface area contributed by atoms with Crippen LogP contribution >= 0.6 is 0 Å². The van der Waals surface area contributed by atoms with Gasteiger partial charge in [0.15, 0.2) is 0 Å². The average molecular weight is 231 g/mol. The molecule has 0 rings (SSSR count). The first kappa shape index (κ1) is 15.4. The number of hydrogen-bond acceptors (Lipinski definition) is 4. The summed E-state index contributed by atoms with van der Waals surface area (Å²) in [6.45, 7) is 6.97. The summed E-state index contributed by atoms with van der Waals surface area (Å²) in [5, 5.41) is 10.2. The maximum Gasteiger partial charge on any atom is 0.309 e. The summed E-state index contributed by atoms with van der Waals surface area (Å²) < 4.78 is 4.67. The quantitative estimate of drug-likeness (QED) is 0.671. The lowest BCUT2D eigenvalue weighted by molar-refractivity contribution is -0.145. The molecule has 0 aromatic carbocycles. The van der Waals surface area contributed by atoms with Gasteiger partial charge in [0.2, 0.25) is 0 Å². The van der Waals surface area contributed by atoms with Crippen molar-refractivity contribution < 1.29 is 14.6 Å². The lowest BCUT2D eigenvalue weighted by Crippen LogP contribution is -2.42. The minimum atomic E-state index is -0.648. The molecule has 0 aliphatic rings. The number of esters is 1. The molecule has 0 aromatic rings. The van der Waals surface area contributed by atoms with Gasteiger partial charge in [0.05, 0.1) is 18.6 Å². The van der Waals surface area contributed by atoms with Crippen molar-refractivity contribution in [2.24, 2.45) is 5.92 Å². The van der Waals surface area contributed by atoms with Crippen molar-refractivity contribution in [2.75, 3.05) is 27.2 Å². The Labute approximate surface area is 98.6 Å². The van der Waals surface area contributed by atoms with Crippen molar-refractivity contribution in [2.45, 2.75) is 39.2 Å². The van der Waals surface area contributed by atoms with Gasteiger partial charge in [-0.1, -0.05) is 20.8 Å². The van der Waals surface area contributed by atoms with E-state index in [9.17, 15) is 9.90 Å². The summed E-state index contributed by atoms with van der Waals surface area (Å²) in [4.78, 5) is 13.2. The maximum atomic E-state index is 11.2. The summed E-state index contributed by atoms with van der Waals surface area (Å²) in [7, 11) is 3.31. The van der Waals surface area contributed by atoms with Gasteiger partial charge in [-0.2, -0.15) is 0 Å². The third-order valence-electron chi connectivity index (χ3n) is 3.07. The fourth-order valence-corrected chi connectivity index (χ4v) is 1.78. The predicted octanol–water partition coefficient (Wildman–Crippen LogP) is 1.28. The molecular weight excluding hydrogens is 206 g/mol. The number of rotatable bonds is 7. The van der Waals surface area contributed by atoms with Gasteiger partial charge in [-0.25, -0.2) is 0 Å². The normalized spacial score (nSPS) is 13.9. The molecule has 0 heterocycles. The third kappa shape index (κ3) is 4.94. The van der Waals surface area contributed by atoms with Crippen LogP contribution in [-0.2, 0) is 9.53 Å². The topological polar surface area (TPSA) is 49.8 Å². The molecule has 1 atom stereocenters. The van der Waals surface area contributed by atoms with Gasteiger partial charge in [-0.3, -0.25) is 4.79 Å². The van der Waals surface area contributed by atoms with E-state index in [0.29, 0.717) is 13.1 Å². The van der Waals surface area contributed by atoms with Crippen molar-refractivity contribution >= 4 is 5.97 Å². The van der Waals surface area contributed by atoms with E-state index in [1.54, 1.807) is 0 Å². The molecule has 0 aliphatic heterocycles. The molecule has 0 aliphatic carbocycles. The zero-order valence-corrected chi connectivity index (χ0v) is 11.1. The molecule has 16 heavy (non-hydrogen) atoms. The summed E-state index contributed by atoms with van der Waals surface area (Å²) in [6, 6.07) is 0. The number of hydrogen-bond donors (Lipinski definition) is 1. The van der Waals surface area contributed by atoms with Gasteiger partial charge >= 0.3 is 5.97 Å². The Morgan fingerprint density at radius 2 is 1.94 bits per heavy atom. The Bertz CT molecular complexity index is 214. The zero-order chi connectivity index (χ0) is 12.8. The van der Waals surface area contributed by atoms with Crippen molar-refractivity contribution in [3.05, 3.63) is 0 Å². The van der Waals surface area contributed by atoms with Crippen molar-refractivity contribution in [1.82, 2.24) is 4.90 Å². The van der Waals surface area contributed by atoms with Crippen molar-refractivity contribution in [3.8, 4) is 0 Å². The number of carbonyl (C=O) groups excluding carboxylic acids is 1. The first-order valence-electron chi connectivity index (χ1n) is 5.87. The molecule has 96 valence electrons. The molecule has 0 spiro atoms. The van der Waals surface area contributed by atoms with E-state index in [1.807, 2.05) is 32.7 Å². The Morgan fingerprint density at radius 1 is 1.44 bits per heavy atom. The SMILES string of the molecule is CCC(O)(CC)CN(C)CC(C)C(=O)OC. The lowest BCUT2D eigenvalue weighted by Gasteiger charge is -2.31. The van der Waals surface area contributed by atoms with Crippen LogP contribution in [-0.4, -0.2) is 48.8 Å². The minimum Gasteiger partial charge on any atom is -0.469 e. The van der Waals surface area contributed by atoms with Gasteiger partial charge in [0.25, 0.3) is 0 Å². The van der Waals surface area contributed by atoms with Crippen LogP contribution in [0, 0.1) is 5.92 Å². The van der Waals surface area contributed by atoms with Crippen LogP contribution in [0.5, 0.6) is 0 Å². The second-order valence-electron chi connectivity index (χ2n) is 4.55. The summed E-state index contributed by atoms with van der Waals surface area (Å²) in [5.74, 6) is -0.364. The average Bonchev–Trinajstić information content (AvgIpc) is 2.27. The summed E-state index contributed by atoms with van der Waals surface area (Å²) in [5.41, 5.74) is -0.648. The molecule has 0 saturated carbocycles. The molecule has 0 radical (unpaired) electrons.